The summed E-state index contributed by atoms with van der Waals surface area (Å²) < 4.78 is 14.9. The van der Waals surface area contributed by atoms with Gasteiger partial charge in [-0.15, -0.1) is 0 Å². The molecule has 1 saturated heterocycles. The van der Waals surface area contributed by atoms with Crippen molar-refractivity contribution in [2.45, 2.75) is 38.3 Å². The van der Waals surface area contributed by atoms with Gasteiger partial charge in [0.25, 0.3) is 0 Å². The molecule has 1 aromatic heterocycles. The lowest BCUT2D eigenvalue weighted by Crippen LogP contribution is -2.29. The van der Waals surface area contributed by atoms with Gasteiger partial charge in [0, 0.05) is 31.0 Å². The van der Waals surface area contributed by atoms with Crippen molar-refractivity contribution in [2.75, 3.05) is 13.1 Å². The minimum absolute atomic E-state index is 0.271. The molecule has 0 saturated carbocycles. The Hall–Kier alpha value is -1.98. The van der Waals surface area contributed by atoms with E-state index in [-0.39, 0.29) is 5.82 Å². The smallest absolute Gasteiger partial charge is 0.123 e. The highest BCUT2D eigenvalue weighted by Crippen LogP contribution is 2.33. The maximum Gasteiger partial charge on any atom is 0.123 e. The van der Waals surface area contributed by atoms with Gasteiger partial charge in [-0.25, -0.2) is 9.07 Å². The molecule has 3 rings (SSSR count). The van der Waals surface area contributed by atoms with Crippen LogP contribution < -0.4 is 0 Å². The normalized spacial score (nSPS) is 22.3. The zero-order chi connectivity index (χ0) is 17.2. The van der Waals surface area contributed by atoms with Gasteiger partial charge in [-0.1, -0.05) is 18.7 Å². The molecule has 0 spiro atoms. The van der Waals surface area contributed by atoms with Crippen LogP contribution in [0.3, 0.4) is 0 Å². The van der Waals surface area contributed by atoms with E-state index in [1.54, 1.807) is 23.0 Å². The second-order valence-corrected chi connectivity index (χ2v) is 6.57. The molecule has 1 atom stereocenters. The number of nitrogens with zero attached hydrogens (tertiary/aromatic N) is 3. The summed E-state index contributed by atoms with van der Waals surface area (Å²) in [4.78, 5) is 2.35. The highest BCUT2D eigenvalue weighted by molar-refractivity contribution is 5.25. The molecule has 0 aliphatic carbocycles. The first-order valence-electron chi connectivity index (χ1n) is 8.38. The Kier molecular flexibility index (Phi) is 4.83. The molecule has 4 nitrogen and oxygen atoms in total. The first-order valence-corrected chi connectivity index (χ1v) is 8.38. The van der Waals surface area contributed by atoms with E-state index >= 15 is 0 Å². The second-order valence-electron chi connectivity index (χ2n) is 6.57. The SMILES string of the molecule is C=Cn1cc(CN2CCC[C@@](O)(c3ccc(F)cc3)CC2)c(C)n1. The van der Waals surface area contributed by atoms with Crippen molar-refractivity contribution < 1.29 is 9.50 Å². The van der Waals surface area contributed by atoms with Crippen molar-refractivity contribution in [3.63, 3.8) is 0 Å². The van der Waals surface area contributed by atoms with Crippen LogP contribution in [0.4, 0.5) is 4.39 Å². The number of aryl methyl sites for hydroxylation is 1. The summed E-state index contributed by atoms with van der Waals surface area (Å²) in [6, 6.07) is 6.23. The summed E-state index contributed by atoms with van der Waals surface area (Å²) >= 11 is 0. The summed E-state index contributed by atoms with van der Waals surface area (Å²) in [5.74, 6) is -0.271. The number of halogens is 1. The van der Waals surface area contributed by atoms with Crippen LogP contribution in [0, 0.1) is 12.7 Å². The average molecular weight is 329 g/mol. The van der Waals surface area contributed by atoms with Crippen LogP contribution in [0.5, 0.6) is 0 Å². The standard InChI is InChI=1S/C19H24FN3O/c1-3-23-14-16(15(2)21-23)13-22-11-4-9-19(24,10-12-22)17-5-7-18(20)8-6-17/h3,5-8,14,24H,1,4,9-13H2,2H3/t19-/m0/s1. The number of hydrogen-bond donors (Lipinski definition) is 1. The van der Waals surface area contributed by atoms with Crippen molar-refractivity contribution in [3.8, 4) is 0 Å². The maximum absolute atomic E-state index is 13.1. The van der Waals surface area contributed by atoms with Gasteiger partial charge in [0.2, 0.25) is 0 Å². The van der Waals surface area contributed by atoms with Crippen LogP contribution in [0.1, 0.15) is 36.1 Å². The molecule has 1 aliphatic heterocycles. The molecule has 128 valence electrons. The first-order chi connectivity index (χ1) is 11.5. The lowest BCUT2D eigenvalue weighted by atomic mass is 9.87. The van der Waals surface area contributed by atoms with Crippen molar-refractivity contribution in [3.05, 3.63) is 59.7 Å². The van der Waals surface area contributed by atoms with Crippen molar-refractivity contribution in [1.29, 1.82) is 0 Å². The number of hydrogen-bond acceptors (Lipinski definition) is 3. The topological polar surface area (TPSA) is 41.3 Å². The van der Waals surface area contributed by atoms with Crippen LogP contribution in [-0.2, 0) is 12.1 Å². The Morgan fingerprint density at radius 1 is 1.29 bits per heavy atom. The molecule has 1 N–H and O–H groups in total. The molecule has 24 heavy (non-hydrogen) atoms. The van der Waals surface area contributed by atoms with E-state index in [0.29, 0.717) is 12.8 Å². The summed E-state index contributed by atoms with van der Waals surface area (Å²) in [7, 11) is 0. The molecular weight excluding hydrogens is 305 g/mol. The molecule has 1 aromatic carbocycles. The lowest BCUT2D eigenvalue weighted by Gasteiger charge is -2.27. The van der Waals surface area contributed by atoms with Gasteiger partial charge in [-0.3, -0.25) is 4.90 Å². The van der Waals surface area contributed by atoms with Gasteiger partial charge in [0.1, 0.15) is 5.82 Å². The monoisotopic (exact) mass is 329 g/mol. The Bertz CT molecular complexity index is 710. The van der Waals surface area contributed by atoms with E-state index in [0.717, 1.165) is 37.3 Å². The molecule has 0 radical (unpaired) electrons. The molecule has 0 unspecified atom stereocenters. The zero-order valence-corrected chi connectivity index (χ0v) is 14.1. The Balaban J connectivity index is 1.69. The number of benzene rings is 1. The fraction of sp³-hybridized carbons (Fsp3) is 0.421. The van der Waals surface area contributed by atoms with E-state index in [1.807, 2.05) is 13.1 Å². The summed E-state index contributed by atoms with van der Waals surface area (Å²) in [5.41, 5.74) is 2.12. The van der Waals surface area contributed by atoms with E-state index in [9.17, 15) is 9.50 Å². The van der Waals surface area contributed by atoms with Gasteiger partial charge in [-0.2, -0.15) is 5.10 Å². The van der Waals surface area contributed by atoms with Crippen LogP contribution >= 0.6 is 0 Å². The van der Waals surface area contributed by atoms with Crippen LogP contribution in [0.25, 0.3) is 6.20 Å². The largest absolute Gasteiger partial charge is 0.385 e. The van der Waals surface area contributed by atoms with Crippen LogP contribution in [-0.4, -0.2) is 32.9 Å². The fourth-order valence-electron chi connectivity index (χ4n) is 3.39. The third kappa shape index (κ3) is 3.57. The van der Waals surface area contributed by atoms with Crippen LogP contribution in [0.2, 0.25) is 0 Å². The molecule has 2 heterocycles. The summed E-state index contributed by atoms with van der Waals surface area (Å²) in [5, 5.41) is 15.4. The predicted molar refractivity (Wildman–Crippen MR) is 92.8 cm³/mol. The zero-order valence-electron chi connectivity index (χ0n) is 14.1. The average Bonchev–Trinajstić information content (AvgIpc) is 2.81. The Labute approximate surface area is 142 Å². The van der Waals surface area contributed by atoms with E-state index < -0.39 is 5.60 Å². The number of rotatable bonds is 4. The van der Waals surface area contributed by atoms with Gasteiger partial charge in [0.15, 0.2) is 0 Å². The quantitative estimate of drug-likeness (QED) is 0.936. The minimum Gasteiger partial charge on any atom is -0.385 e. The van der Waals surface area contributed by atoms with Gasteiger partial charge in [-0.05, 0) is 50.4 Å². The van der Waals surface area contributed by atoms with Crippen LogP contribution in [0.15, 0.2) is 37.0 Å². The minimum atomic E-state index is -0.872. The molecule has 1 aliphatic rings. The van der Waals surface area contributed by atoms with Gasteiger partial charge >= 0.3 is 0 Å². The predicted octanol–water partition coefficient (Wildman–Crippen LogP) is 3.30. The highest BCUT2D eigenvalue weighted by atomic mass is 19.1. The Morgan fingerprint density at radius 2 is 2.04 bits per heavy atom. The summed E-state index contributed by atoms with van der Waals surface area (Å²) in [6.45, 7) is 8.28. The number of likely N-dealkylation sites (tertiary alicyclic amines) is 1. The van der Waals surface area contributed by atoms with Crippen molar-refractivity contribution >= 4 is 6.20 Å². The second kappa shape index (κ2) is 6.87. The number of aliphatic hydroxyl groups is 1. The van der Waals surface area contributed by atoms with Gasteiger partial charge < -0.3 is 5.11 Å². The first kappa shape index (κ1) is 16.9. The van der Waals surface area contributed by atoms with E-state index in [4.69, 9.17) is 0 Å². The lowest BCUT2D eigenvalue weighted by molar-refractivity contribution is 0.0209. The molecule has 1 fully saturated rings. The summed E-state index contributed by atoms with van der Waals surface area (Å²) in [6.07, 6.45) is 5.93. The molecule has 5 heteroatoms. The molecular formula is C19H24FN3O. The Morgan fingerprint density at radius 3 is 2.71 bits per heavy atom. The number of aromatic nitrogens is 2. The third-order valence-corrected chi connectivity index (χ3v) is 4.89. The van der Waals surface area contributed by atoms with E-state index in [1.165, 1.54) is 17.7 Å². The molecule has 0 bridgehead atoms. The fourth-order valence-corrected chi connectivity index (χ4v) is 3.39. The molecule has 0 amide bonds. The highest BCUT2D eigenvalue weighted by Gasteiger charge is 2.32. The van der Waals surface area contributed by atoms with E-state index in [2.05, 4.69) is 16.6 Å². The van der Waals surface area contributed by atoms with Crippen molar-refractivity contribution in [2.24, 2.45) is 0 Å². The van der Waals surface area contributed by atoms with Gasteiger partial charge in [0.05, 0.1) is 11.3 Å². The van der Waals surface area contributed by atoms with Crippen molar-refractivity contribution in [1.82, 2.24) is 14.7 Å². The molecule has 2 aromatic rings. The maximum atomic E-state index is 13.1. The third-order valence-electron chi connectivity index (χ3n) is 4.89.